The molecule has 3 heterocycles. The molecule has 1 aliphatic rings. The highest BCUT2D eigenvalue weighted by atomic mass is 16.5. The van der Waals surface area contributed by atoms with E-state index in [2.05, 4.69) is 19.9 Å². The first-order valence-electron chi connectivity index (χ1n) is 10.4. The van der Waals surface area contributed by atoms with Gasteiger partial charge in [0.15, 0.2) is 18.1 Å². The van der Waals surface area contributed by atoms with E-state index in [-0.39, 0.29) is 12.2 Å². The number of fused-ring (bicyclic) bond motifs is 1. The van der Waals surface area contributed by atoms with Gasteiger partial charge in [-0.05, 0) is 36.8 Å². The number of hydrogen-bond donors (Lipinski definition) is 2. The van der Waals surface area contributed by atoms with Crippen molar-refractivity contribution < 1.29 is 14.3 Å². The molecule has 0 saturated heterocycles. The first-order chi connectivity index (χ1) is 15.5. The minimum absolute atomic E-state index is 0.114. The maximum atomic E-state index is 12.8. The molecule has 1 aromatic carbocycles. The molecule has 0 spiro atoms. The summed E-state index contributed by atoms with van der Waals surface area (Å²) in [6.45, 7) is 4.07. The summed E-state index contributed by atoms with van der Waals surface area (Å²) in [5.41, 5.74) is 8.43. The molecule has 1 aliphatic heterocycles. The number of nitrogens with one attached hydrogen (secondary N) is 1. The van der Waals surface area contributed by atoms with Gasteiger partial charge in [-0.15, -0.1) is 0 Å². The minimum Gasteiger partial charge on any atom is -0.490 e. The van der Waals surface area contributed by atoms with E-state index in [1.807, 2.05) is 31.2 Å². The second-order valence-electron chi connectivity index (χ2n) is 7.51. The normalized spacial score (nSPS) is 13.4. The maximum Gasteiger partial charge on any atom is 0.255 e. The molecule has 0 unspecified atom stereocenters. The number of rotatable bonds is 8. The van der Waals surface area contributed by atoms with Crippen molar-refractivity contribution in [2.75, 3.05) is 19.8 Å². The molecule has 9 nitrogen and oxygen atoms in total. The summed E-state index contributed by atoms with van der Waals surface area (Å²) in [6.07, 6.45) is 4.05. The van der Waals surface area contributed by atoms with Gasteiger partial charge in [0, 0.05) is 44.0 Å². The number of ether oxygens (including phenoxy) is 2. The summed E-state index contributed by atoms with van der Waals surface area (Å²) < 4.78 is 11.1. The lowest BCUT2D eigenvalue weighted by Crippen LogP contribution is -2.35. The summed E-state index contributed by atoms with van der Waals surface area (Å²) in [4.78, 5) is 37.6. The Morgan fingerprint density at radius 3 is 2.75 bits per heavy atom. The van der Waals surface area contributed by atoms with Gasteiger partial charge < -0.3 is 20.2 Å². The number of carbonyl (C=O) groups excluding carboxylic acids is 1. The summed E-state index contributed by atoms with van der Waals surface area (Å²) in [7, 11) is 0. The van der Waals surface area contributed by atoms with Crippen LogP contribution in [0.25, 0.3) is 11.4 Å². The van der Waals surface area contributed by atoms with Crippen LogP contribution in [0.5, 0.6) is 11.5 Å². The third-order valence-corrected chi connectivity index (χ3v) is 5.19. The van der Waals surface area contributed by atoms with E-state index in [0.717, 1.165) is 23.4 Å². The van der Waals surface area contributed by atoms with Crippen LogP contribution < -0.4 is 20.8 Å². The number of nitrogens with zero attached hydrogens (tertiary/aromatic N) is 3. The lowest BCUT2D eigenvalue weighted by Gasteiger charge is -2.28. The van der Waals surface area contributed by atoms with Crippen molar-refractivity contribution in [3.05, 3.63) is 69.9 Å². The van der Waals surface area contributed by atoms with E-state index in [0.29, 0.717) is 49.0 Å². The van der Waals surface area contributed by atoms with Gasteiger partial charge in [0.05, 0.1) is 17.9 Å². The molecule has 3 N–H and O–H groups in total. The number of benzene rings is 1. The highest BCUT2D eigenvalue weighted by molar-refractivity contribution is 5.75. The molecular formula is C23H25N5O4. The van der Waals surface area contributed by atoms with Gasteiger partial charge >= 0.3 is 0 Å². The zero-order chi connectivity index (χ0) is 22.5. The third kappa shape index (κ3) is 4.94. The maximum absolute atomic E-state index is 12.8. The number of amides is 1. The van der Waals surface area contributed by atoms with E-state index >= 15 is 0 Å². The van der Waals surface area contributed by atoms with Crippen LogP contribution in [-0.4, -0.2) is 45.5 Å². The molecule has 0 atom stereocenters. The molecule has 3 aromatic rings. The van der Waals surface area contributed by atoms with E-state index in [4.69, 9.17) is 15.2 Å². The predicted molar refractivity (Wildman–Crippen MR) is 118 cm³/mol. The minimum atomic E-state index is -0.547. The molecule has 2 aromatic heterocycles. The predicted octanol–water partition coefficient (Wildman–Crippen LogP) is 1.65. The van der Waals surface area contributed by atoms with Gasteiger partial charge in [0.25, 0.3) is 11.5 Å². The lowest BCUT2D eigenvalue weighted by molar-refractivity contribution is -0.119. The average Bonchev–Trinajstić information content (AvgIpc) is 2.79. The van der Waals surface area contributed by atoms with Crippen LogP contribution in [0, 0.1) is 0 Å². The largest absolute Gasteiger partial charge is 0.490 e. The van der Waals surface area contributed by atoms with Gasteiger partial charge in [-0.1, -0.05) is 6.07 Å². The smallest absolute Gasteiger partial charge is 0.255 e. The zero-order valence-corrected chi connectivity index (χ0v) is 17.8. The van der Waals surface area contributed by atoms with Gasteiger partial charge in [0.2, 0.25) is 0 Å². The number of H-pyrrole nitrogens is 1. The Hall–Kier alpha value is -3.72. The first-order valence-corrected chi connectivity index (χ1v) is 10.4. The van der Waals surface area contributed by atoms with Crippen molar-refractivity contribution in [3.8, 4) is 22.9 Å². The molecule has 166 valence electrons. The molecule has 0 saturated carbocycles. The molecular weight excluding hydrogens is 410 g/mol. The Labute approximate surface area is 185 Å². The Balaban J connectivity index is 1.50. The monoisotopic (exact) mass is 435 g/mol. The molecule has 9 heteroatoms. The Bertz CT molecular complexity index is 1160. The van der Waals surface area contributed by atoms with E-state index in [9.17, 15) is 9.59 Å². The quantitative estimate of drug-likeness (QED) is 0.551. The lowest BCUT2D eigenvalue weighted by atomic mass is 10.1. The number of carbonyl (C=O) groups is 1. The molecule has 0 bridgehead atoms. The second kappa shape index (κ2) is 9.61. The van der Waals surface area contributed by atoms with Crippen LogP contribution in [-0.2, 0) is 24.3 Å². The van der Waals surface area contributed by atoms with Crippen LogP contribution in [0.15, 0.2) is 47.5 Å². The summed E-state index contributed by atoms with van der Waals surface area (Å²) in [5, 5.41) is 0. The van der Waals surface area contributed by atoms with Crippen molar-refractivity contribution >= 4 is 5.91 Å². The average molecular weight is 435 g/mol. The van der Waals surface area contributed by atoms with E-state index < -0.39 is 5.91 Å². The van der Waals surface area contributed by atoms with Crippen LogP contribution in [0.4, 0.5) is 0 Å². The highest BCUT2D eigenvalue weighted by Crippen LogP contribution is 2.29. The van der Waals surface area contributed by atoms with E-state index in [1.54, 1.807) is 18.5 Å². The summed E-state index contributed by atoms with van der Waals surface area (Å²) in [5.74, 6) is 1.06. The Morgan fingerprint density at radius 1 is 1.19 bits per heavy atom. The first kappa shape index (κ1) is 21.5. The van der Waals surface area contributed by atoms with Crippen molar-refractivity contribution in [1.29, 1.82) is 0 Å². The molecule has 0 radical (unpaired) electrons. The van der Waals surface area contributed by atoms with Gasteiger partial charge in [0.1, 0.15) is 5.82 Å². The van der Waals surface area contributed by atoms with Crippen molar-refractivity contribution in [2.24, 2.45) is 5.73 Å². The zero-order valence-electron chi connectivity index (χ0n) is 17.8. The SMILES string of the molecule is CCOc1cc(CN2CCc3nc(-c4ccncc4)[nH]c(=O)c3C2)ccc1OCC(N)=O. The molecule has 1 amide bonds. The van der Waals surface area contributed by atoms with Crippen molar-refractivity contribution in [1.82, 2.24) is 19.9 Å². The second-order valence-corrected chi connectivity index (χ2v) is 7.51. The molecule has 32 heavy (non-hydrogen) atoms. The van der Waals surface area contributed by atoms with Crippen LogP contribution in [0.3, 0.4) is 0 Å². The van der Waals surface area contributed by atoms with E-state index in [1.165, 1.54) is 0 Å². The van der Waals surface area contributed by atoms with Crippen LogP contribution >= 0.6 is 0 Å². The number of primary amides is 1. The fourth-order valence-electron chi connectivity index (χ4n) is 3.71. The Kier molecular flexibility index (Phi) is 6.46. The molecule has 0 fully saturated rings. The molecule has 4 rings (SSSR count). The third-order valence-electron chi connectivity index (χ3n) is 5.19. The van der Waals surface area contributed by atoms with Gasteiger partial charge in [-0.2, -0.15) is 0 Å². The Morgan fingerprint density at radius 2 is 2.00 bits per heavy atom. The number of pyridine rings is 1. The number of nitrogens with two attached hydrogens (primary N) is 1. The standard InChI is InChI=1S/C23H25N5O4/c1-2-31-20-11-15(3-4-19(20)32-14-21(24)29)12-28-10-7-18-17(13-28)23(30)27-22(26-18)16-5-8-25-9-6-16/h3-6,8-9,11H,2,7,10,12-14H2,1H3,(H2,24,29)(H,26,27,30). The molecule has 0 aliphatic carbocycles. The summed E-state index contributed by atoms with van der Waals surface area (Å²) in [6, 6.07) is 9.24. The number of hydrogen-bond acceptors (Lipinski definition) is 7. The summed E-state index contributed by atoms with van der Waals surface area (Å²) >= 11 is 0. The van der Waals surface area contributed by atoms with Crippen molar-refractivity contribution in [3.63, 3.8) is 0 Å². The van der Waals surface area contributed by atoms with Gasteiger partial charge in [-0.3, -0.25) is 19.5 Å². The van der Waals surface area contributed by atoms with Gasteiger partial charge in [-0.25, -0.2) is 4.98 Å². The fourth-order valence-corrected chi connectivity index (χ4v) is 3.71. The number of aromatic amines is 1. The van der Waals surface area contributed by atoms with Crippen molar-refractivity contribution in [2.45, 2.75) is 26.4 Å². The number of aromatic nitrogens is 3. The van der Waals surface area contributed by atoms with Crippen LogP contribution in [0.2, 0.25) is 0 Å². The fraction of sp³-hybridized carbons (Fsp3) is 0.304. The van der Waals surface area contributed by atoms with Crippen LogP contribution in [0.1, 0.15) is 23.7 Å². The highest BCUT2D eigenvalue weighted by Gasteiger charge is 2.22. The topological polar surface area (TPSA) is 123 Å².